The summed E-state index contributed by atoms with van der Waals surface area (Å²) < 4.78 is 36.9. The number of carbonyl (C=O) groups excluding carboxylic acids is 1. The number of nitrogens with two attached hydrogens (primary N) is 1. The minimum Gasteiger partial charge on any atom is -0.497 e. The van der Waals surface area contributed by atoms with E-state index in [2.05, 4.69) is 10.0 Å². The Morgan fingerprint density at radius 1 is 1.19 bits per heavy atom. The van der Waals surface area contributed by atoms with Gasteiger partial charge >= 0.3 is 5.97 Å². The second-order valence-electron chi connectivity index (χ2n) is 6.44. The van der Waals surface area contributed by atoms with E-state index in [0.717, 1.165) is 18.0 Å². The quantitative estimate of drug-likeness (QED) is 0.302. The van der Waals surface area contributed by atoms with Crippen LogP contribution in [0.15, 0.2) is 41.3 Å². The molecule has 2 aromatic rings. The second kappa shape index (κ2) is 10.3. The molecule has 0 saturated carbocycles. The summed E-state index contributed by atoms with van der Waals surface area (Å²) in [6.45, 7) is 1.22. The maximum Gasteiger partial charge on any atom is 0.327 e. The van der Waals surface area contributed by atoms with E-state index in [-0.39, 0.29) is 22.9 Å². The van der Waals surface area contributed by atoms with Crippen molar-refractivity contribution in [3.8, 4) is 17.2 Å². The van der Waals surface area contributed by atoms with Gasteiger partial charge in [0.15, 0.2) is 5.75 Å². The fourth-order valence-corrected chi connectivity index (χ4v) is 3.99. The third-order valence-electron chi connectivity index (χ3n) is 3.78. The maximum atomic E-state index is 11.8. The predicted molar refractivity (Wildman–Crippen MR) is 118 cm³/mol. The first-order valence-corrected chi connectivity index (χ1v) is 11.7. The molecule has 0 aliphatic rings. The van der Waals surface area contributed by atoms with Crippen molar-refractivity contribution >= 4 is 45.0 Å². The van der Waals surface area contributed by atoms with Crippen LogP contribution < -0.4 is 25.2 Å². The normalized spacial score (nSPS) is 12.0. The lowest BCUT2D eigenvalue weighted by molar-refractivity contribution is -0.140. The Hall–Kier alpha value is -3.12. The van der Waals surface area contributed by atoms with Crippen molar-refractivity contribution in [2.45, 2.75) is 17.9 Å². The first kappa shape index (κ1) is 24.2. The molecule has 0 heterocycles. The molecule has 0 spiro atoms. The smallest absolute Gasteiger partial charge is 0.327 e. The molecular weight excluding hydrogens is 446 g/mol. The molecule has 0 aliphatic carbocycles. The lowest BCUT2D eigenvalue weighted by atomic mass is 10.2. The molecule has 2 rings (SSSR count). The Morgan fingerprint density at radius 2 is 1.81 bits per heavy atom. The molecule has 2 aromatic carbocycles. The minimum absolute atomic E-state index is 0.0177. The number of sulfonamides is 1. The number of thioether (sulfide) groups is 1. The SMILES string of the molecule is COc1ccc(Oc2cc(N)c(SC[C@H](NC(C)=O)C(=O)O)cc2NS(C)(=O)=O)cc1. The van der Waals surface area contributed by atoms with E-state index >= 15 is 0 Å². The number of carboxylic acids is 1. The molecule has 0 fully saturated rings. The van der Waals surface area contributed by atoms with E-state index in [1.165, 1.54) is 26.2 Å². The van der Waals surface area contributed by atoms with E-state index in [1.54, 1.807) is 24.3 Å². The van der Waals surface area contributed by atoms with Crippen molar-refractivity contribution in [3.05, 3.63) is 36.4 Å². The molecule has 0 unspecified atom stereocenters. The highest BCUT2D eigenvalue weighted by Crippen LogP contribution is 2.38. The predicted octanol–water partition coefficient (Wildman–Crippen LogP) is 2.12. The van der Waals surface area contributed by atoms with Crippen LogP contribution in [0.4, 0.5) is 11.4 Å². The Kier molecular flexibility index (Phi) is 8.00. The van der Waals surface area contributed by atoms with Crippen LogP contribution in [0.3, 0.4) is 0 Å². The van der Waals surface area contributed by atoms with Crippen LogP contribution in [-0.2, 0) is 19.6 Å². The Labute approximate surface area is 184 Å². The maximum absolute atomic E-state index is 11.8. The van der Waals surface area contributed by atoms with Gasteiger partial charge in [0.05, 0.1) is 19.1 Å². The van der Waals surface area contributed by atoms with Gasteiger partial charge in [0.25, 0.3) is 0 Å². The van der Waals surface area contributed by atoms with Crippen molar-refractivity contribution in [2.75, 3.05) is 29.6 Å². The zero-order chi connectivity index (χ0) is 23.2. The monoisotopic (exact) mass is 469 g/mol. The molecule has 12 heteroatoms. The number of carbonyl (C=O) groups is 2. The summed E-state index contributed by atoms with van der Waals surface area (Å²) in [5.74, 6) is -0.488. The fraction of sp³-hybridized carbons (Fsp3) is 0.263. The summed E-state index contributed by atoms with van der Waals surface area (Å²) in [5, 5.41) is 11.6. The summed E-state index contributed by atoms with van der Waals surface area (Å²) in [5.41, 5.74) is 6.46. The van der Waals surface area contributed by atoms with Gasteiger partial charge in [-0.3, -0.25) is 9.52 Å². The highest BCUT2D eigenvalue weighted by atomic mass is 32.2. The molecule has 168 valence electrons. The van der Waals surface area contributed by atoms with E-state index in [0.29, 0.717) is 16.4 Å². The lowest BCUT2D eigenvalue weighted by Gasteiger charge is -2.17. The zero-order valence-electron chi connectivity index (χ0n) is 17.0. The van der Waals surface area contributed by atoms with Crippen molar-refractivity contribution in [2.24, 2.45) is 0 Å². The number of nitrogen functional groups attached to an aromatic ring is 1. The first-order chi connectivity index (χ1) is 14.5. The molecule has 1 atom stereocenters. The molecule has 0 radical (unpaired) electrons. The average Bonchev–Trinajstić information content (AvgIpc) is 2.67. The number of anilines is 2. The Morgan fingerprint density at radius 3 is 2.32 bits per heavy atom. The molecule has 31 heavy (non-hydrogen) atoms. The molecule has 0 saturated heterocycles. The van der Waals surface area contributed by atoms with Gasteiger partial charge in [-0.2, -0.15) is 0 Å². The highest BCUT2D eigenvalue weighted by molar-refractivity contribution is 7.99. The Bertz CT molecular complexity index is 1060. The molecule has 10 nitrogen and oxygen atoms in total. The standard InChI is InChI=1S/C19H23N3O7S2/c1-11(23)21-16(19(24)25)10-30-18-9-15(22-31(3,26)27)17(8-14(18)20)29-13-6-4-12(28-2)5-7-13/h4-9,16,22H,10,20H2,1-3H3,(H,21,23)(H,24,25)/t16-/m0/s1. The van der Waals surface area contributed by atoms with Gasteiger partial charge in [0.1, 0.15) is 17.5 Å². The van der Waals surface area contributed by atoms with Crippen LogP contribution in [-0.4, -0.2) is 50.6 Å². The van der Waals surface area contributed by atoms with E-state index in [1.807, 2.05) is 0 Å². The Balaban J connectivity index is 2.33. The largest absolute Gasteiger partial charge is 0.497 e. The van der Waals surface area contributed by atoms with Gasteiger partial charge in [0, 0.05) is 29.3 Å². The van der Waals surface area contributed by atoms with Crippen molar-refractivity contribution in [1.82, 2.24) is 5.32 Å². The third-order valence-corrected chi connectivity index (χ3v) is 5.53. The van der Waals surface area contributed by atoms with Gasteiger partial charge in [-0.15, -0.1) is 11.8 Å². The molecular formula is C19H23N3O7S2. The topological polar surface area (TPSA) is 157 Å². The number of carboxylic acid groups (broad SMARTS) is 1. The molecule has 1 amide bonds. The molecule has 0 aromatic heterocycles. The van der Waals surface area contributed by atoms with Crippen LogP contribution in [0.5, 0.6) is 17.2 Å². The van der Waals surface area contributed by atoms with Crippen molar-refractivity contribution < 1.29 is 32.6 Å². The van der Waals surface area contributed by atoms with E-state index < -0.39 is 27.9 Å². The van der Waals surface area contributed by atoms with Crippen LogP contribution >= 0.6 is 11.8 Å². The summed E-state index contributed by atoms with van der Waals surface area (Å²) >= 11 is 1.06. The lowest BCUT2D eigenvalue weighted by Crippen LogP contribution is -2.41. The number of rotatable bonds is 10. The molecule has 0 aliphatic heterocycles. The number of amides is 1. The summed E-state index contributed by atoms with van der Waals surface area (Å²) in [7, 11) is -2.11. The highest BCUT2D eigenvalue weighted by Gasteiger charge is 2.20. The van der Waals surface area contributed by atoms with Gasteiger partial charge in [-0.1, -0.05) is 0 Å². The number of hydrogen-bond donors (Lipinski definition) is 4. The number of benzene rings is 2. The van der Waals surface area contributed by atoms with Gasteiger partial charge in [-0.05, 0) is 30.3 Å². The first-order valence-electron chi connectivity index (χ1n) is 8.84. The number of aliphatic carboxylic acids is 1. The van der Waals surface area contributed by atoms with Gasteiger partial charge in [-0.25, -0.2) is 13.2 Å². The summed E-state index contributed by atoms with van der Waals surface area (Å²) in [4.78, 5) is 22.9. The van der Waals surface area contributed by atoms with Crippen LogP contribution in [0.25, 0.3) is 0 Å². The second-order valence-corrected chi connectivity index (χ2v) is 9.25. The van der Waals surface area contributed by atoms with Gasteiger partial charge in [0.2, 0.25) is 15.9 Å². The molecule has 0 bridgehead atoms. The van der Waals surface area contributed by atoms with Crippen molar-refractivity contribution in [3.63, 3.8) is 0 Å². The van der Waals surface area contributed by atoms with Gasteiger partial charge < -0.3 is 25.6 Å². The van der Waals surface area contributed by atoms with Crippen LogP contribution in [0.2, 0.25) is 0 Å². The zero-order valence-corrected chi connectivity index (χ0v) is 18.7. The summed E-state index contributed by atoms with van der Waals surface area (Å²) in [6, 6.07) is 8.41. The van der Waals surface area contributed by atoms with E-state index in [9.17, 15) is 23.1 Å². The van der Waals surface area contributed by atoms with Crippen LogP contribution in [0.1, 0.15) is 6.92 Å². The number of ether oxygens (including phenoxy) is 2. The van der Waals surface area contributed by atoms with Crippen molar-refractivity contribution in [1.29, 1.82) is 0 Å². The number of hydrogen-bond acceptors (Lipinski definition) is 8. The number of methoxy groups -OCH3 is 1. The minimum atomic E-state index is -3.64. The fourth-order valence-electron chi connectivity index (χ4n) is 2.43. The van der Waals surface area contributed by atoms with Crippen LogP contribution in [0, 0.1) is 0 Å². The number of nitrogens with one attached hydrogen (secondary N) is 2. The average molecular weight is 470 g/mol. The summed E-state index contributed by atoms with van der Waals surface area (Å²) in [6.07, 6.45) is 0.991. The third kappa shape index (κ3) is 7.57. The molecule has 5 N–H and O–H groups in total. The van der Waals surface area contributed by atoms with E-state index in [4.69, 9.17) is 15.2 Å².